The van der Waals surface area contributed by atoms with Crippen molar-refractivity contribution in [2.45, 2.75) is 25.8 Å². The van der Waals surface area contributed by atoms with Crippen LogP contribution in [0.3, 0.4) is 0 Å². The van der Waals surface area contributed by atoms with E-state index < -0.39 is 6.04 Å². The summed E-state index contributed by atoms with van der Waals surface area (Å²) >= 11 is 0. The van der Waals surface area contributed by atoms with Crippen molar-refractivity contribution in [2.24, 2.45) is 0 Å². The number of anilines is 1. The number of rotatable bonds is 4. The number of hydrogen-bond acceptors (Lipinski definition) is 4. The van der Waals surface area contributed by atoms with Gasteiger partial charge in [-0.3, -0.25) is 24.6 Å². The first-order valence-corrected chi connectivity index (χ1v) is 6.87. The monoisotopic (exact) mass is 289 g/mol. The Kier molecular flexibility index (Phi) is 4.70. The highest BCUT2D eigenvalue weighted by atomic mass is 16.2. The van der Waals surface area contributed by atoms with Crippen LogP contribution in [0.1, 0.15) is 18.4 Å². The van der Waals surface area contributed by atoms with Crippen LogP contribution >= 0.6 is 0 Å². The summed E-state index contributed by atoms with van der Waals surface area (Å²) in [6, 6.07) is 7.00. The van der Waals surface area contributed by atoms with Crippen LogP contribution in [0.25, 0.3) is 0 Å². The van der Waals surface area contributed by atoms with Gasteiger partial charge in [0.2, 0.25) is 17.7 Å². The Balaban J connectivity index is 1.82. The standard InChI is InChI=1S/C15H19N3O3/c1-10-3-5-11(6-4-10)17-13(19)9-16-12-7-8-14(20)18(2)15(12)21/h3-6,12,16H,7-9H2,1-2H3,(H,17,19). The molecule has 0 radical (unpaired) electrons. The second-order valence-corrected chi connectivity index (χ2v) is 5.18. The minimum atomic E-state index is -0.475. The van der Waals surface area contributed by atoms with Gasteiger partial charge >= 0.3 is 0 Å². The SMILES string of the molecule is Cc1ccc(NC(=O)CNC2CCC(=O)N(C)C2=O)cc1. The number of likely N-dealkylation sites (N-methyl/N-ethyl adjacent to an activating group) is 1. The van der Waals surface area contributed by atoms with E-state index in [9.17, 15) is 14.4 Å². The molecule has 0 aromatic heterocycles. The first-order chi connectivity index (χ1) is 9.97. The summed E-state index contributed by atoms with van der Waals surface area (Å²) in [4.78, 5) is 36.1. The van der Waals surface area contributed by atoms with Gasteiger partial charge in [-0.25, -0.2) is 0 Å². The third-order valence-corrected chi connectivity index (χ3v) is 3.49. The van der Waals surface area contributed by atoms with Gasteiger partial charge in [-0.05, 0) is 25.5 Å². The molecule has 21 heavy (non-hydrogen) atoms. The lowest BCUT2D eigenvalue weighted by molar-refractivity contribution is -0.148. The van der Waals surface area contributed by atoms with Gasteiger partial charge in [0.25, 0.3) is 0 Å². The lowest BCUT2D eigenvalue weighted by atomic mass is 10.0. The largest absolute Gasteiger partial charge is 0.325 e. The lowest BCUT2D eigenvalue weighted by Crippen LogP contribution is -2.52. The maximum atomic E-state index is 11.9. The topological polar surface area (TPSA) is 78.5 Å². The lowest BCUT2D eigenvalue weighted by Gasteiger charge is -2.28. The number of nitrogens with zero attached hydrogens (tertiary/aromatic N) is 1. The summed E-state index contributed by atoms with van der Waals surface area (Å²) in [5.41, 5.74) is 1.83. The number of amides is 3. The minimum Gasteiger partial charge on any atom is -0.325 e. The summed E-state index contributed by atoms with van der Waals surface area (Å²) < 4.78 is 0. The molecule has 3 amide bonds. The number of benzene rings is 1. The molecule has 1 heterocycles. The quantitative estimate of drug-likeness (QED) is 0.799. The van der Waals surface area contributed by atoms with Crippen molar-refractivity contribution in [1.29, 1.82) is 0 Å². The molecule has 1 aliphatic heterocycles. The highest BCUT2D eigenvalue weighted by Crippen LogP contribution is 2.11. The normalized spacial score (nSPS) is 18.8. The molecule has 0 aliphatic carbocycles. The van der Waals surface area contributed by atoms with Crippen molar-refractivity contribution in [3.8, 4) is 0 Å². The predicted octanol–water partition coefficient (Wildman–Crippen LogP) is 0.671. The van der Waals surface area contributed by atoms with Gasteiger partial charge in [-0.15, -0.1) is 0 Å². The van der Waals surface area contributed by atoms with Crippen molar-refractivity contribution >= 4 is 23.4 Å². The van der Waals surface area contributed by atoms with Gasteiger partial charge < -0.3 is 5.32 Å². The number of nitrogens with one attached hydrogen (secondary N) is 2. The van der Waals surface area contributed by atoms with Crippen molar-refractivity contribution < 1.29 is 14.4 Å². The van der Waals surface area contributed by atoms with Gasteiger partial charge in [-0.2, -0.15) is 0 Å². The zero-order valence-electron chi connectivity index (χ0n) is 12.2. The molecule has 1 atom stereocenters. The molecular weight excluding hydrogens is 270 g/mol. The zero-order chi connectivity index (χ0) is 15.4. The summed E-state index contributed by atoms with van der Waals surface area (Å²) in [6.45, 7) is 2.01. The molecule has 1 aromatic rings. The molecule has 2 N–H and O–H groups in total. The van der Waals surface area contributed by atoms with Gasteiger partial charge in [-0.1, -0.05) is 17.7 Å². The second-order valence-electron chi connectivity index (χ2n) is 5.18. The number of piperidine rings is 1. The molecule has 0 bridgehead atoms. The fraction of sp³-hybridized carbons (Fsp3) is 0.400. The van der Waals surface area contributed by atoms with Gasteiger partial charge in [0, 0.05) is 19.2 Å². The van der Waals surface area contributed by atoms with Crippen molar-refractivity contribution in [1.82, 2.24) is 10.2 Å². The molecule has 6 nitrogen and oxygen atoms in total. The van der Waals surface area contributed by atoms with Crippen molar-refractivity contribution in [3.63, 3.8) is 0 Å². The number of carbonyl (C=O) groups is 3. The van der Waals surface area contributed by atoms with Crippen LogP contribution < -0.4 is 10.6 Å². The van der Waals surface area contributed by atoms with Crippen LogP contribution in [0.5, 0.6) is 0 Å². The third kappa shape index (κ3) is 3.88. The Bertz CT molecular complexity index is 554. The third-order valence-electron chi connectivity index (χ3n) is 3.49. The molecule has 0 spiro atoms. The number of likely N-dealkylation sites (tertiary alicyclic amines) is 1. The van der Waals surface area contributed by atoms with Gasteiger partial charge in [0.05, 0.1) is 12.6 Å². The number of hydrogen-bond donors (Lipinski definition) is 2. The minimum absolute atomic E-state index is 0.0340. The van der Waals surface area contributed by atoms with E-state index in [1.54, 1.807) is 0 Å². The summed E-state index contributed by atoms with van der Waals surface area (Å²) in [5, 5.41) is 5.65. The molecule has 2 rings (SSSR count). The first-order valence-electron chi connectivity index (χ1n) is 6.87. The van der Waals surface area contributed by atoms with E-state index in [2.05, 4.69) is 10.6 Å². The molecule has 1 aromatic carbocycles. The maximum absolute atomic E-state index is 11.9. The molecule has 1 fully saturated rings. The Morgan fingerprint density at radius 2 is 1.95 bits per heavy atom. The van der Waals surface area contributed by atoms with Gasteiger partial charge in [0.15, 0.2) is 0 Å². The molecule has 0 saturated carbocycles. The maximum Gasteiger partial charge on any atom is 0.246 e. The Morgan fingerprint density at radius 3 is 2.62 bits per heavy atom. The van der Waals surface area contributed by atoms with Gasteiger partial charge in [0.1, 0.15) is 0 Å². The van der Waals surface area contributed by atoms with E-state index in [0.717, 1.165) is 16.2 Å². The molecular formula is C15H19N3O3. The molecule has 1 unspecified atom stereocenters. The van der Waals surface area contributed by atoms with E-state index in [1.165, 1.54) is 7.05 Å². The molecule has 6 heteroatoms. The molecule has 1 saturated heterocycles. The Labute approximate surface area is 123 Å². The smallest absolute Gasteiger partial charge is 0.246 e. The van der Waals surface area contributed by atoms with E-state index in [0.29, 0.717) is 12.8 Å². The van der Waals surface area contributed by atoms with E-state index in [1.807, 2.05) is 31.2 Å². The van der Waals surface area contributed by atoms with E-state index >= 15 is 0 Å². The van der Waals surface area contributed by atoms with Crippen LogP contribution in [-0.4, -0.2) is 42.3 Å². The van der Waals surface area contributed by atoms with E-state index in [-0.39, 0.29) is 24.3 Å². The highest BCUT2D eigenvalue weighted by Gasteiger charge is 2.31. The summed E-state index contributed by atoms with van der Waals surface area (Å²) in [6.07, 6.45) is 0.749. The van der Waals surface area contributed by atoms with Crippen LogP contribution in [0.4, 0.5) is 5.69 Å². The van der Waals surface area contributed by atoms with Crippen molar-refractivity contribution in [2.75, 3.05) is 18.9 Å². The van der Waals surface area contributed by atoms with Crippen LogP contribution in [0.15, 0.2) is 24.3 Å². The number of imide groups is 1. The van der Waals surface area contributed by atoms with E-state index in [4.69, 9.17) is 0 Å². The number of aryl methyl sites for hydroxylation is 1. The molecule has 1 aliphatic rings. The Hall–Kier alpha value is -2.21. The fourth-order valence-corrected chi connectivity index (χ4v) is 2.16. The highest BCUT2D eigenvalue weighted by molar-refractivity contribution is 6.00. The van der Waals surface area contributed by atoms with Crippen LogP contribution in [-0.2, 0) is 14.4 Å². The Morgan fingerprint density at radius 1 is 1.29 bits per heavy atom. The van der Waals surface area contributed by atoms with Crippen molar-refractivity contribution in [3.05, 3.63) is 29.8 Å². The predicted molar refractivity (Wildman–Crippen MR) is 78.6 cm³/mol. The fourth-order valence-electron chi connectivity index (χ4n) is 2.16. The van der Waals surface area contributed by atoms with Crippen LogP contribution in [0, 0.1) is 6.92 Å². The first kappa shape index (κ1) is 15.2. The molecule has 112 valence electrons. The average Bonchev–Trinajstić information content (AvgIpc) is 2.46. The average molecular weight is 289 g/mol. The second kappa shape index (κ2) is 6.49. The zero-order valence-corrected chi connectivity index (χ0v) is 12.2. The summed E-state index contributed by atoms with van der Waals surface area (Å²) in [5.74, 6) is -0.678. The number of carbonyl (C=O) groups excluding carboxylic acids is 3. The van der Waals surface area contributed by atoms with Crippen LogP contribution in [0.2, 0.25) is 0 Å². The summed E-state index contributed by atoms with van der Waals surface area (Å²) in [7, 11) is 1.46.